The van der Waals surface area contributed by atoms with Crippen molar-refractivity contribution in [1.29, 1.82) is 0 Å². The second-order valence-corrected chi connectivity index (χ2v) is 11.7. The molecular formula is C13H26O4Si. The second-order valence-electron chi connectivity index (χ2n) is 7.19. The van der Waals surface area contributed by atoms with E-state index in [9.17, 15) is 9.90 Å². The predicted molar refractivity (Wildman–Crippen MR) is 72.7 cm³/mol. The van der Waals surface area contributed by atoms with E-state index in [1.807, 2.05) is 13.8 Å². The van der Waals surface area contributed by atoms with Gasteiger partial charge in [0.05, 0.1) is 18.8 Å². The summed E-state index contributed by atoms with van der Waals surface area (Å²) in [5.74, 6) is -0.386. The van der Waals surface area contributed by atoms with Gasteiger partial charge in [-0.15, -0.1) is 0 Å². The molecule has 0 aliphatic heterocycles. The van der Waals surface area contributed by atoms with Crippen LogP contribution in [0.3, 0.4) is 0 Å². The highest BCUT2D eigenvalue weighted by atomic mass is 28.4. The zero-order valence-corrected chi connectivity index (χ0v) is 13.7. The van der Waals surface area contributed by atoms with E-state index in [1.54, 1.807) is 13.8 Å². The van der Waals surface area contributed by atoms with E-state index < -0.39 is 24.7 Å². The number of aliphatic hydroxyl groups is 1. The van der Waals surface area contributed by atoms with Crippen molar-refractivity contribution in [3.05, 3.63) is 0 Å². The third-order valence-electron chi connectivity index (χ3n) is 3.93. The van der Waals surface area contributed by atoms with Crippen LogP contribution in [0.2, 0.25) is 19.6 Å². The number of carbonyl (C=O) groups excluding carboxylic acids is 1. The number of rotatable bonds is 4. The highest BCUT2D eigenvalue weighted by molar-refractivity contribution is 6.69. The van der Waals surface area contributed by atoms with Gasteiger partial charge in [-0.3, -0.25) is 4.79 Å². The van der Waals surface area contributed by atoms with Crippen LogP contribution in [-0.2, 0) is 14.0 Å². The Balaban J connectivity index is 3.19. The molecule has 0 amide bonds. The monoisotopic (exact) mass is 274 g/mol. The minimum Gasteiger partial charge on any atom is -0.468 e. The Labute approximate surface area is 111 Å². The summed E-state index contributed by atoms with van der Waals surface area (Å²) >= 11 is 0. The first-order valence-electron chi connectivity index (χ1n) is 6.31. The maximum atomic E-state index is 12.2. The SMILES string of the molecule is COC(=O)[C@]1(C(C)(C)O)[C@H](O[Si](C)(C)C)C1(C)C. The van der Waals surface area contributed by atoms with Crippen molar-refractivity contribution in [2.75, 3.05) is 7.11 Å². The topological polar surface area (TPSA) is 55.8 Å². The molecule has 0 aromatic rings. The van der Waals surface area contributed by atoms with Crippen LogP contribution < -0.4 is 0 Å². The Morgan fingerprint density at radius 3 is 2.00 bits per heavy atom. The van der Waals surface area contributed by atoms with Crippen LogP contribution >= 0.6 is 0 Å². The first-order valence-corrected chi connectivity index (χ1v) is 9.72. The molecule has 0 saturated heterocycles. The highest BCUT2D eigenvalue weighted by Gasteiger charge is 2.83. The van der Waals surface area contributed by atoms with Gasteiger partial charge in [0.2, 0.25) is 0 Å². The number of carbonyl (C=O) groups is 1. The quantitative estimate of drug-likeness (QED) is 0.630. The first kappa shape index (κ1) is 15.7. The zero-order chi connectivity index (χ0) is 14.6. The Hall–Kier alpha value is -0.393. The summed E-state index contributed by atoms with van der Waals surface area (Å²) < 4.78 is 11.0. The summed E-state index contributed by atoms with van der Waals surface area (Å²) in [7, 11) is -0.435. The fraction of sp³-hybridized carbons (Fsp3) is 0.923. The van der Waals surface area contributed by atoms with Crippen LogP contribution in [0.25, 0.3) is 0 Å². The molecule has 2 atom stereocenters. The summed E-state index contributed by atoms with van der Waals surface area (Å²) in [6.45, 7) is 13.4. The van der Waals surface area contributed by atoms with Crippen LogP contribution in [0.4, 0.5) is 0 Å². The lowest BCUT2D eigenvalue weighted by Crippen LogP contribution is -2.45. The zero-order valence-electron chi connectivity index (χ0n) is 12.7. The van der Waals surface area contributed by atoms with Gasteiger partial charge >= 0.3 is 5.97 Å². The molecular weight excluding hydrogens is 248 g/mol. The van der Waals surface area contributed by atoms with Crippen molar-refractivity contribution >= 4 is 14.3 Å². The molecule has 5 heteroatoms. The molecule has 1 aliphatic carbocycles. The molecule has 106 valence electrons. The molecule has 1 rings (SSSR count). The third-order valence-corrected chi connectivity index (χ3v) is 4.87. The lowest BCUT2D eigenvalue weighted by molar-refractivity contribution is -0.161. The minimum atomic E-state index is -1.79. The summed E-state index contributed by atoms with van der Waals surface area (Å²) in [6, 6.07) is 0. The number of hydrogen-bond donors (Lipinski definition) is 1. The summed E-state index contributed by atoms with van der Waals surface area (Å²) in [4.78, 5) is 12.2. The second kappa shape index (κ2) is 4.05. The van der Waals surface area contributed by atoms with Gasteiger partial charge in [-0.25, -0.2) is 0 Å². The van der Waals surface area contributed by atoms with Gasteiger partial charge in [-0.05, 0) is 33.5 Å². The predicted octanol–water partition coefficient (Wildman–Crippen LogP) is 2.18. The lowest BCUT2D eigenvalue weighted by Gasteiger charge is -2.31. The number of ether oxygens (including phenoxy) is 1. The van der Waals surface area contributed by atoms with Crippen LogP contribution in [0.1, 0.15) is 27.7 Å². The van der Waals surface area contributed by atoms with Crippen molar-refractivity contribution in [1.82, 2.24) is 0 Å². The third kappa shape index (κ3) is 2.02. The van der Waals surface area contributed by atoms with E-state index in [0.717, 1.165) is 0 Å². The van der Waals surface area contributed by atoms with E-state index >= 15 is 0 Å². The largest absolute Gasteiger partial charge is 0.468 e. The summed E-state index contributed by atoms with van der Waals surface area (Å²) in [5.41, 5.74) is -2.57. The molecule has 0 heterocycles. The first-order chi connectivity index (χ1) is 7.82. The van der Waals surface area contributed by atoms with Gasteiger partial charge in [0, 0.05) is 5.41 Å². The molecule has 1 N–H and O–H groups in total. The van der Waals surface area contributed by atoms with Gasteiger partial charge in [-0.2, -0.15) is 0 Å². The Morgan fingerprint density at radius 1 is 1.28 bits per heavy atom. The molecule has 0 bridgehead atoms. The number of hydrogen-bond acceptors (Lipinski definition) is 4. The average Bonchev–Trinajstić information content (AvgIpc) is 2.59. The standard InChI is InChI=1S/C13H26O4Si/c1-11(2)9(17-18(6,7)8)13(11,10(14)16-5)12(3,4)15/h9,15H,1-8H3/t9-,13-/m1/s1. The van der Waals surface area contributed by atoms with Gasteiger partial charge < -0.3 is 14.3 Å². The number of esters is 1. The molecule has 1 aliphatic rings. The van der Waals surface area contributed by atoms with Gasteiger partial charge in [0.25, 0.3) is 0 Å². The molecule has 4 nitrogen and oxygen atoms in total. The number of methoxy groups -OCH3 is 1. The Kier molecular flexibility index (Phi) is 3.52. The molecule has 18 heavy (non-hydrogen) atoms. The fourth-order valence-corrected chi connectivity index (χ4v) is 4.37. The van der Waals surface area contributed by atoms with Crippen molar-refractivity contribution in [3.8, 4) is 0 Å². The maximum absolute atomic E-state index is 12.2. The molecule has 0 radical (unpaired) electrons. The van der Waals surface area contributed by atoms with E-state index in [4.69, 9.17) is 9.16 Å². The molecule has 0 unspecified atom stereocenters. The molecule has 0 aromatic heterocycles. The van der Waals surface area contributed by atoms with E-state index in [2.05, 4.69) is 19.6 Å². The van der Waals surface area contributed by atoms with Gasteiger partial charge in [0.1, 0.15) is 5.41 Å². The van der Waals surface area contributed by atoms with Gasteiger partial charge in [0.15, 0.2) is 8.32 Å². The lowest BCUT2D eigenvalue weighted by atomic mass is 9.81. The van der Waals surface area contributed by atoms with Crippen molar-refractivity contribution < 1.29 is 19.1 Å². The minimum absolute atomic E-state index is 0.288. The van der Waals surface area contributed by atoms with Crippen LogP contribution in [-0.4, -0.2) is 38.2 Å². The van der Waals surface area contributed by atoms with Crippen molar-refractivity contribution in [3.63, 3.8) is 0 Å². The van der Waals surface area contributed by atoms with E-state index in [1.165, 1.54) is 7.11 Å². The molecule has 0 aromatic carbocycles. The normalized spacial score (nSPS) is 31.1. The highest BCUT2D eigenvalue weighted by Crippen LogP contribution is 2.71. The Bertz CT molecular complexity index is 351. The van der Waals surface area contributed by atoms with Crippen LogP contribution in [0, 0.1) is 10.8 Å². The molecule has 1 saturated carbocycles. The van der Waals surface area contributed by atoms with Crippen LogP contribution in [0.5, 0.6) is 0 Å². The molecule has 1 fully saturated rings. The smallest absolute Gasteiger partial charge is 0.318 e. The van der Waals surface area contributed by atoms with E-state index in [-0.39, 0.29) is 12.1 Å². The average molecular weight is 274 g/mol. The van der Waals surface area contributed by atoms with Crippen molar-refractivity contribution in [2.45, 2.75) is 59.0 Å². The Morgan fingerprint density at radius 2 is 1.72 bits per heavy atom. The molecule has 0 spiro atoms. The van der Waals surface area contributed by atoms with Crippen molar-refractivity contribution in [2.24, 2.45) is 10.8 Å². The summed E-state index contributed by atoms with van der Waals surface area (Å²) in [5, 5.41) is 10.4. The van der Waals surface area contributed by atoms with Gasteiger partial charge in [-0.1, -0.05) is 13.8 Å². The maximum Gasteiger partial charge on any atom is 0.318 e. The fourth-order valence-electron chi connectivity index (χ4n) is 3.20. The van der Waals surface area contributed by atoms with E-state index in [0.29, 0.717) is 0 Å². The van der Waals surface area contributed by atoms with Crippen LogP contribution in [0.15, 0.2) is 0 Å². The summed E-state index contributed by atoms with van der Waals surface area (Å²) in [6.07, 6.45) is -0.288.